The number of ether oxygens (including phenoxy) is 1. The molecule has 3 heteroatoms. The van der Waals surface area contributed by atoms with Gasteiger partial charge in [-0.25, -0.2) is 0 Å². The summed E-state index contributed by atoms with van der Waals surface area (Å²) in [6.07, 6.45) is 2.27. The lowest BCUT2D eigenvalue weighted by molar-refractivity contribution is 0.426. The second-order valence-corrected chi connectivity index (χ2v) is 4.03. The average Bonchev–Trinajstić information content (AvgIpc) is 2.78. The Morgan fingerprint density at radius 1 is 1.67 bits per heavy atom. The summed E-state index contributed by atoms with van der Waals surface area (Å²) in [5.41, 5.74) is 1.25. The van der Waals surface area contributed by atoms with Gasteiger partial charge in [-0.15, -0.1) is 0 Å². The molecule has 1 aliphatic heterocycles. The molecule has 1 fully saturated rings. The van der Waals surface area contributed by atoms with Gasteiger partial charge in [0.05, 0.1) is 24.7 Å². The zero-order chi connectivity index (χ0) is 8.39. The van der Waals surface area contributed by atoms with Crippen molar-refractivity contribution in [2.75, 3.05) is 12.4 Å². The van der Waals surface area contributed by atoms with Crippen LogP contribution in [-0.2, 0) is 10.5 Å². The van der Waals surface area contributed by atoms with Crippen molar-refractivity contribution >= 4 is 11.8 Å². The van der Waals surface area contributed by atoms with Gasteiger partial charge in [0.1, 0.15) is 5.76 Å². The maximum absolute atomic E-state index is 5.30. The fourth-order valence-electron chi connectivity index (χ4n) is 0.999. The van der Waals surface area contributed by atoms with Gasteiger partial charge in [-0.1, -0.05) is 0 Å². The van der Waals surface area contributed by atoms with Crippen molar-refractivity contribution < 1.29 is 9.15 Å². The Balaban J connectivity index is 1.75. The molecular formula is C9H12O2S. The minimum atomic E-state index is 0.519. The first-order chi connectivity index (χ1) is 5.86. The first-order valence-corrected chi connectivity index (χ1v) is 5.24. The number of thioether (sulfide) groups is 1. The first kappa shape index (κ1) is 8.20. The van der Waals surface area contributed by atoms with E-state index in [1.807, 2.05) is 17.8 Å². The fourth-order valence-corrected chi connectivity index (χ4v) is 2.05. The van der Waals surface area contributed by atoms with Crippen LogP contribution in [0.25, 0.3) is 0 Å². The molecule has 0 radical (unpaired) electrons. The molecule has 1 aromatic heterocycles. The third-order valence-electron chi connectivity index (χ3n) is 1.91. The van der Waals surface area contributed by atoms with Crippen LogP contribution in [0.4, 0.5) is 0 Å². The van der Waals surface area contributed by atoms with E-state index >= 15 is 0 Å². The average molecular weight is 184 g/mol. The number of rotatable bonds is 4. The summed E-state index contributed by atoms with van der Waals surface area (Å²) in [5.74, 6) is 3.17. The van der Waals surface area contributed by atoms with Gasteiger partial charge >= 0.3 is 0 Å². The highest BCUT2D eigenvalue weighted by atomic mass is 32.2. The van der Waals surface area contributed by atoms with Crippen LogP contribution in [0.2, 0.25) is 0 Å². The number of hydrogen-bond donors (Lipinski definition) is 0. The molecule has 0 aromatic carbocycles. The minimum absolute atomic E-state index is 0.519. The van der Waals surface area contributed by atoms with Crippen molar-refractivity contribution in [2.45, 2.75) is 18.8 Å². The van der Waals surface area contributed by atoms with Crippen molar-refractivity contribution in [3.05, 3.63) is 23.7 Å². The van der Waals surface area contributed by atoms with E-state index in [1.165, 1.54) is 5.56 Å². The van der Waals surface area contributed by atoms with Gasteiger partial charge in [0.25, 0.3) is 0 Å². The van der Waals surface area contributed by atoms with Gasteiger partial charge in [0, 0.05) is 5.75 Å². The molecule has 1 aromatic rings. The van der Waals surface area contributed by atoms with Crippen LogP contribution in [-0.4, -0.2) is 18.5 Å². The second-order valence-electron chi connectivity index (χ2n) is 3.00. The van der Waals surface area contributed by atoms with Crippen LogP contribution in [0.1, 0.15) is 11.3 Å². The van der Waals surface area contributed by atoms with E-state index in [0.29, 0.717) is 6.10 Å². The molecule has 0 amide bonds. The number of aryl methyl sites for hydroxylation is 1. The summed E-state index contributed by atoms with van der Waals surface area (Å²) in [7, 11) is 0. The van der Waals surface area contributed by atoms with Crippen LogP contribution in [0.15, 0.2) is 16.7 Å². The van der Waals surface area contributed by atoms with Gasteiger partial charge in [-0.05, 0) is 18.6 Å². The molecule has 2 rings (SSSR count). The van der Waals surface area contributed by atoms with Crippen molar-refractivity contribution in [1.82, 2.24) is 0 Å². The molecule has 12 heavy (non-hydrogen) atoms. The van der Waals surface area contributed by atoms with E-state index in [1.54, 1.807) is 6.26 Å². The maximum atomic E-state index is 5.30. The van der Waals surface area contributed by atoms with Gasteiger partial charge in [-0.3, -0.25) is 0 Å². The Hall–Kier alpha value is -0.410. The highest BCUT2D eigenvalue weighted by molar-refractivity contribution is 7.98. The molecular weight excluding hydrogens is 172 g/mol. The summed E-state index contributed by atoms with van der Waals surface area (Å²) in [6, 6.07) is 2.00. The monoisotopic (exact) mass is 184 g/mol. The molecule has 0 aliphatic carbocycles. The molecule has 1 saturated heterocycles. The topological polar surface area (TPSA) is 25.7 Å². The summed E-state index contributed by atoms with van der Waals surface area (Å²) >= 11 is 1.88. The smallest absolute Gasteiger partial charge is 0.116 e. The largest absolute Gasteiger partial charge is 0.468 e. The molecule has 0 bridgehead atoms. The molecule has 0 spiro atoms. The van der Waals surface area contributed by atoms with Crippen LogP contribution in [0.3, 0.4) is 0 Å². The molecule has 1 unspecified atom stereocenters. The Morgan fingerprint density at radius 3 is 3.08 bits per heavy atom. The maximum Gasteiger partial charge on any atom is 0.116 e. The SMILES string of the molecule is Cc1ccoc1CSCC1CO1. The number of hydrogen-bond acceptors (Lipinski definition) is 3. The first-order valence-electron chi connectivity index (χ1n) is 4.08. The van der Waals surface area contributed by atoms with E-state index < -0.39 is 0 Å². The summed E-state index contributed by atoms with van der Waals surface area (Å²) in [4.78, 5) is 0. The fraction of sp³-hybridized carbons (Fsp3) is 0.556. The third kappa shape index (κ3) is 2.05. The lowest BCUT2D eigenvalue weighted by Crippen LogP contribution is -1.90. The second kappa shape index (κ2) is 3.54. The quantitative estimate of drug-likeness (QED) is 0.671. The predicted molar refractivity (Wildman–Crippen MR) is 49.3 cm³/mol. The van der Waals surface area contributed by atoms with Crippen LogP contribution >= 0.6 is 11.8 Å². The van der Waals surface area contributed by atoms with Crippen molar-refractivity contribution in [2.24, 2.45) is 0 Å². The lowest BCUT2D eigenvalue weighted by Gasteiger charge is -1.96. The Labute approximate surface area is 76.3 Å². The summed E-state index contributed by atoms with van der Waals surface area (Å²) in [6.45, 7) is 3.02. The van der Waals surface area contributed by atoms with E-state index in [9.17, 15) is 0 Å². The predicted octanol–water partition coefficient (Wildman–Crippen LogP) is 2.22. The van der Waals surface area contributed by atoms with Crippen LogP contribution in [0, 0.1) is 6.92 Å². The van der Waals surface area contributed by atoms with E-state index in [2.05, 4.69) is 6.92 Å². The Morgan fingerprint density at radius 2 is 2.50 bits per heavy atom. The zero-order valence-corrected chi connectivity index (χ0v) is 7.89. The van der Waals surface area contributed by atoms with Crippen molar-refractivity contribution in [1.29, 1.82) is 0 Å². The standard InChI is InChI=1S/C9H12O2S/c1-7-2-3-10-9(7)6-12-5-8-4-11-8/h2-3,8H,4-6H2,1H3. The van der Waals surface area contributed by atoms with Crippen LogP contribution in [0.5, 0.6) is 0 Å². The molecule has 1 atom stereocenters. The highest BCUT2D eigenvalue weighted by Crippen LogP contribution is 2.21. The van der Waals surface area contributed by atoms with Gasteiger partial charge < -0.3 is 9.15 Å². The molecule has 1 aliphatic rings. The van der Waals surface area contributed by atoms with E-state index in [0.717, 1.165) is 23.9 Å². The molecule has 2 heterocycles. The van der Waals surface area contributed by atoms with Crippen LogP contribution < -0.4 is 0 Å². The summed E-state index contributed by atoms with van der Waals surface area (Å²) in [5, 5.41) is 0. The van der Waals surface area contributed by atoms with E-state index in [-0.39, 0.29) is 0 Å². The molecule has 2 nitrogen and oxygen atoms in total. The highest BCUT2D eigenvalue weighted by Gasteiger charge is 2.21. The van der Waals surface area contributed by atoms with Gasteiger partial charge in [0.2, 0.25) is 0 Å². The Kier molecular flexibility index (Phi) is 2.42. The van der Waals surface area contributed by atoms with Gasteiger partial charge in [-0.2, -0.15) is 11.8 Å². The number of furan rings is 1. The molecule has 0 saturated carbocycles. The van der Waals surface area contributed by atoms with Crippen molar-refractivity contribution in [3.8, 4) is 0 Å². The van der Waals surface area contributed by atoms with Crippen molar-refractivity contribution in [3.63, 3.8) is 0 Å². The molecule has 66 valence electrons. The Bertz CT molecular complexity index is 253. The lowest BCUT2D eigenvalue weighted by atomic mass is 10.3. The normalized spacial score (nSPS) is 21.2. The summed E-state index contributed by atoms with van der Waals surface area (Å²) < 4.78 is 10.4. The number of epoxide rings is 1. The van der Waals surface area contributed by atoms with E-state index in [4.69, 9.17) is 9.15 Å². The third-order valence-corrected chi connectivity index (χ3v) is 2.98. The minimum Gasteiger partial charge on any atom is -0.468 e. The molecule has 0 N–H and O–H groups in total. The van der Waals surface area contributed by atoms with Gasteiger partial charge in [0.15, 0.2) is 0 Å². The zero-order valence-electron chi connectivity index (χ0n) is 7.08.